The summed E-state index contributed by atoms with van der Waals surface area (Å²) >= 11 is 0. The van der Waals surface area contributed by atoms with Crippen LogP contribution in [0.4, 0.5) is 9.18 Å². The van der Waals surface area contributed by atoms with Crippen LogP contribution in [-0.4, -0.2) is 52.7 Å². The van der Waals surface area contributed by atoms with E-state index in [-0.39, 0.29) is 31.2 Å². The van der Waals surface area contributed by atoms with Crippen molar-refractivity contribution in [3.8, 4) is 0 Å². The summed E-state index contributed by atoms with van der Waals surface area (Å²) < 4.78 is 13.7. The first-order valence-corrected chi connectivity index (χ1v) is 10.3. The number of hydrogen-bond donors (Lipinski definition) is 0. The molecule has 154 valence electrons. The fraction of sp³-hybridized carbons (Fsp3) is 0.714. The van der Waals surface area contributed by atoms with Gasteiger partial charge in [-0.25, -0.2) is 9.18 Å². The van der Waals surface area contributed by atoms with Gasteiger partial charge in [0.25, 0.3) is 0 Å². The van der Waals surface area contributed by atoms with Crippen LogP contribution in [0.1, 0.15) is 58.8 Å². The number of Topliss-reactive ketones (excluding diaryl/α,β-unsaturated/α-hetero) is 1. The highest BCUT2D eigenvalue weighted by molar-refractivity contribution is 6.20. The van der Waals surface area contributed by atoms with Crippen LogP contribution in [0.5, 0.6) is 0 Å². The molecule has 28 heavy (non-hydrogen) atoms. The van der Waals surface area contributed by atoms with Crippen molar-refractivity contribution in [3.63, 3.8) is 0 Å². The Balaban J connectivity index is 1.87. The number of barbiturate groups is 1. The molecule has 1 saturated carbocycles. The lowest BCUT2D eigenvalue weighted by atomic mass is 9.69. The molecule has 7 heteroatoms. The van der Waals surface area contributed by atoms with E-state index < -0.39 is 35.4 Å². The number of ketones is 1. The molecule has 0 bridgehead atoms. The van der Waals surface area contributed by atoms with E-state index in [1.165, 1.54) is 0 Å². The Hall–Kier alpha value is -2.05. The molecule has 0 aromatic heterocycles. The molecule has 0 aromatic carbocycles. The minimum absolute atomic E-state index is 0.137. The molecule has 1 heterocycles. The highest BCUT2D eigenvalue weighted by Crippen LogP contribution is 2.41. The molecule has 2 fully saturated rings. The molecule has 0 N–H and O–H groups in total. The quantitative estimate of drug-likeness (QED) is 0.532. The summed E-state index contributed by atoms with van der Waals surface area (Å²) in [4.78, 5) is 53.9. The third-order valence-corrected chi connectivity index (χ3v) is 6.53. The van der Waals surface area contributed by atoms with Gasteiger partial charge in [0.1, 0.15) is 11.6 Å². The molecule has 1 aliphatic heterocycles. The van der Waals surface area contributed by atoms with Crippen LogP contribution in [0.2, 0.25) is 0 Å². The Kier molecular flexibility index (Phi) is 6.01. The topological polar surface area (TPSA) is 74.8 Å². The maximum Gasteiger partial charge on any atom is 0.333 e. The van der Waals surface area contributed by atoms with E-state index in [9.17, 15) is 23.6 Å². The summed E-state index contributed by atoms with van der Waals surface area (Å²) in [6.45, 7) is 3.02. The van der Waals surface area contributed by atoms with Crippen LogP contribution in [0.15, 0.2) is 12.2 Å². The summed E-state index contributed by atoms with van der Waals surface area (Å²) in [7, 11) is 0. The molecule has 2 aliphatic carbocycles. The van der Waals surface area contributed by atoms with Crippen LogP contribution in [0, 0.1) is 17.3 Å². The number of nitrogens with zero attached hydrogens (tertiary/aromatic N) is 2. The third-order valence-electron chi connectivity index (χ3n) is 6.53. The average Bonchev–Trinajstić information content (AvgIpc) is 2.70. The summed E-state index contributed by atoms with van der Waals surface area (Å²) in [6.07, 6.45) is 7.10. The smallest absolute Gasteiger partial charge is 0.297 e. The van der Waals surface area contributed by atoms with Gasteiger partial charge in [-0.3, -0.25) is 24.2 Å². The Morgan fingerprint density at radius 2 is 1.86 bits per heavy atom. The van der Waals surface area contributed by atoms with Crippen molar-refractivity contribution < 1.29 is 23.6 Å². The first-order valence-electron chi connectivity index (χ1n) is 10.3. The minimum atomic E-state index is -1.39. The lowest BCUT2D eigenvalue weighted by molar-refractivity contribution is -0.161. The van der Waals surface area contributed by atoms with Gasteiger partial charge < -0.3 is 0 Å². The Morgan fingerprint density at radius 1 is 1.14 bits per heavy atom. The van der Waals surface area contributed by atoms with E-state index in [0.717, 1.165) is 22.6 Å². The number of alkyl halides is 1. The van der Waals surface area contributed by atoms with E-state index in [4.69, 9.17) is 0 Å². The second kappa shape index (κ2) is 8.13. The second-order valence-corrected chi connectivity index (χ2v) is 8.32. The minimum Gasteiger partial charge on any atom is -0.297 e. The fourth-order valence-corrected chi connectivity index (χ4v) is 4.71. The summed E-state index contributed by atoms with van der Waals surface area (Å²) in [5, 5.41) is 0. The van der Waals surface area contributed by atoms with Gasteiger partial charge in [0.2, 0.25) is 11.8 Å². The average molecular weight is 392 g/mol. The van der Waals surface area contributed by atoms with Gasteiger partial charge in [0, 0.05) is 12.5 Å². The summed E-state index contributed by atoms with van der Waals surface area (Å²) in [6, 6.07) is -0.740. The summed E-state index contributed by atoms with van der Waals surface area (Å²) in [5.74, 6) is -2.17. The third kappa shape index (κ3) is 3.51. The Morgan fingerprint density at radius 3 is 2.46 bits per heavy atom. The Bertz CT molecular complexity index is 707. The van der Waals surface area contributed by atoms with Crippen molar-refractivity contribution in [1.29, 1.82) is 0 Å². The van der Waals surface area contributed by atoms with E-state index in [0.29, 0.717) is 25.7 Å². The van der Waals surface area contributed by atoms with Crippen molar-refractivity contribution in [2.75, 3.05) is 13.1 Å². The number of carbonyl (C=O) groups excluding carboxylic acids is 4. The zero-order chi connectivity index (χ0) is 20.5. The van der Waals surface area contributed by atoms with Crippen molar-refractivity contribution in [3.05, 3.63) is 12.2 Å². The van der Waals surface area contributed by atoms with E-state index in [1.807, 2.05) is 12.2 Å². The van der Waals surface area contributed by atoms with E-state index in [2.05, 4.69) is 0 Å². The number of halogens is 1. The number of hydrogen-bond acceptors (Lipinski definition) is 4. The molecule has 0 radical (unpaired) electrons. The van der Waals surface area contributed by atoms with Crippen LogP contribution < -0.4 is 0 Å². The van der Waals surface area contributed by atoms with Gasteiger partial charge in [0.05, 0.1) is 6.54 Å². The first-order chi connectivity index (χ1) is 13.3. The fourth-order valence-electron chi connectivity index (χ4n) is 4.71. The molecule has 4 amide bonds. The Labute approximate surface area is 165 Å². The molecule has 6 nitrogen and oxygen atoms in total. The monoisotopic (exact) mass is 392 g/mol. The van der Waals surface area contributed by atoms with Crippen molar-refractivity contribution >= 4 is 23.6 Å². The predicted molar refractivity (Wildman–Crippen MR) is 101 cm³/mol. The number of imide groups is 2. The lowest BCUT2D eigenvalue weighted by Gasteiger charge is -2.45. The van der Waals surface area contributed by atoms with Gasteiger partial charge in [-0.1, -0.05) is 12.2 Å². The van der Waals surface area contributed by atoms with Crippen LogP contribution in [-0.2, 0) is 14.4 Å². The van der Waals surface area contributed by atoms with Crippen LogP contribution in [0.3, 0.4) is 0 Å². The first kappa shape index (κ1) is 20.7. The number of rotatable bonds is 5. The number of allylic oxidation sites excluding steroid dienone is 2. The molecule has 0 spiro atoms. The van der Waals surface area contributed by atoms with Crippen LogP contribution in [0.25, 0.3) is 0 Å². The molecule has 3 rings (SSSR count). The normalized spacial score (nSPS) is 34.1. The van der Waals surface area contributed by atoms with Gasteiger partial charge in [0.15, 0.2) is 5.78 Å². The maximum absolute atomic E-state index is 13.7. The van der Waals surface area contributed by atoms with Gasteiger partial charge in [-0.05, 0) is 64.7 Å². The summed E-state index contributed by atoms with van der Waals surface area (Å²) in [5.41, 5.74) is -1.39. The standard InChI is InChI=1S/C21H29FN2O4/c1-3-23-18(26)21(2,15-9-5-4-6-10-15)19(27)24(20(23)28)13-17(25)14-8-7-11-16(22)12-14/h5,9,14-16H,3-4,6-8,10-13H2,1-2H3. The highest BCUT2D eigenvalue weighted by Gasteiger charge is 2.57. The number of carbonyl (C=O) groups is 4. The van der Waals surface area contributed by atoms with Crippen molar-refractivity contribution in [2.45, 2.75) is 65.0 Å². The maximum atomic E-state index is 13.7. The number of amides is 4. The zero-order valence-corrected chi connectivity index (χ0v) is 16.7. The predicted octanol–water partition coefficient (Wildman–Crippen LogP) is 3.26. The largest absolute Gasteiger partial charge is 0.333 e. The molecule has 1 saturated heterocycles. The van der Waals surface area contributed by atoms with E-state index >= 15 is 0 Å². The molecule has 3 aliphatic rings. The second-order valence-electron chi connectivity index (χ2n) is 8.32. The van der Waals surface area contributed by atoms with Crippen molar-refractivity contribution in [2.24, 2.45) is 17.3 Å². The van der Waals surface area contributed by atoms with Gasteiger partial charge in [-0.2, -0.15) is 0 Å². The van der Waals surface area contributed by atoms with Crippen molar-refractivity contribution in [1.82, 2.24) is 9.80 Å². The molecular weight excluding hydrogens is 363 g/mol. The zero-order valence-electron chi connectivity index (χ0n) is 16.7. The van der Waals surface area contributed by atoms with E-state index in [1.54, 1.807) is 13.8 Å². The molecule has 4 atom stereocenters. The SMILES string of the molecule is CCN1C(=O)N(CC(=O)C2CCCC(F)C2)C(=O)C(C)(C2C=CCCC2)C1=O. The van der Waals surface area contributed by atoms with Crippen LogP contribution >= 0.6 is 0 Å². The molecule has 4 unspecified atom stereocenters. The van der Waals surface area contributed by atoms with Gasteiger partial charge >= 0.3 is 6.03 Å². The highest BCUT2D eigenvalue weighted by atomic mass is 19.1. The van der Waals surface area contributed by atoms with Gasteiger partial charge in [-0.15, -0.1) is 0 Å². The number of urea groups is 1. The lowest BCUT2D eigenvalue weighted by Crippen LogP contribution is -2.67. The molecular formula is C21H29FN2O4. The molecule has 0 aromatic rings.